The Labute approximate surface area is 170 Å². The normalized spacial score (nSPS) is 27.6. The van der Waals surface area contributed by atoms with Crippen molar-refractivity contribution in [3.63, 3.8) is 0 Å². The van der Waals surface area contributed by atoms with Gasteiger partial charge in [-0.15, -0.1) is 0 Å². The molecular weight excluding hydrogens is 366 g/mol. The molecule has 1 aliphatic carbocycles. The van der Waals surface area contributed by atoms with Crippen molar-refractivity contribution in [3.05, 3.63) is 69.6 Å². The van der Waals surface area contributed by atoms with Crippen LogP contribution in [0, 0.1) is 5.92 Å². The van der Waals surface area contributed by atoms with Crippen molar-refractivity contribution in [3.8, 4) is 0 Å². The molecule has 2 N–H and O–H groups in total. The molecule has 0 spiro atoms. The largest absolute Gasteiger partial charge is 0.373 e. The van der Waals surface area contributed by atoms with Gasteiger partial charge in [-0.3, -0.25) is 9.59 Å². The van der Waals surface area contributed by atoms with Gasteiger partial charge in [-0.2, -0.15) is 0 Å². The van der Waals surface area contributed by atoms with Crippen LogP contribution in [-0.4, -0.2) is 35.7 Å². The number of ether oxygens (including phenoxy) is 1. The van der Waals surface area contributed by atoms with Crippen LogP contribution in [0.5, 0.6) is 0 Å². The number of hydrogen-bond donors (Lipinski definition) is 2. The van der Waals surface area contributed by atoms with Crippen molar-refractivity contribution >= 4 is 5.91 Å². The summed E-state index contributed by atoms with van der Waals surface area (Å²) < 4.78 is 7.73. The highest BCUT2D eigenvalue weighted by Gasteiger charge is 2.34. The predicted octanol–water partition coefficient (Wildman–Crippen LogP) is 2.03. The summed E-state index contributed by atoms with van der Waals surface area (Å²) in [6.07, 6.45) is 2.88. The molecule has 2 aromatic rings. The third kappa shape index (κ3) is 3.74. The van der Waals surface area contributed by atoms with E-state index < -0.39 is 0 Å². The lowest BCUT2D eigenvalue weighted by Gasteiger charge is -2.38. The fraction of sp³-hybridized carbons (Fsp3) is 0.478. The minimum atomic E-state index is -0.259. The first-order chi connectivity index (χ1) is 14.2. The number of carbonyl (C=O) groups excluding carboxylic acids is 1. The van der Waals surface area contributed by atoms with E-state index in [9.17, 15) is 9.59 Å². The number of fused-ring (bicyclic) bond motifs is 4. The third-order valence-corrected chi connectivity index (χ3v) is 6.51. The van der Waals surface area contributed by atoms with E-state index in [0.29, 0.717) is 25.0 Å². The number of hydrogen-bond acceptors (Lipinski definition) is 4. The summed E-state index contributed by atoms with van der Waals surface area (Å²) >= 11 is 0. The number of nitrogens with zero attached hydrogens (tertiary/aromatic N) is 1. The van der Waals surface area contributed by atoms with Gasteiger partial charge in [-0.25, -0.2) is 0 Å². The highest BCUT2D eigenvalue weighted by molar-refractivity contribution is 5.94. The Bertz CT molecular complexity index is 950. The maximum atomic E-state index is 13.0. The molecule has 5 rings (SSSR count). The van der Waals surface area contributed by atoms with Gasteiger partial charge in [0.2, 0.25) is 0 Å². The van der Waals surface area contributed by atoms with Crippen molar-refractivity contribution < 1.29 is 9.53 Å². The number of rotatable bonds is 5. The average Bonchev–Trinajstić information content (AvgIpc) is 2.71. The summed E-state index contributed by atoms with van der Waals surface area (Å²) in [5.41, 5.74) is 2.33. The first-order valence-electron chi connectivity index (χ1n) is 10.6. The molecule has 1 aromatic heterocycles. The van der Waals surface area contributed by atoms with Crippen LogP contribution in [0.4, 0.5) is 0 Å². The summed E-state index contributed by atoms with van der Waals surface area (Å²) in [5.74, 6) is 0.596. The molecular formula is C23H27N3O3. The molecule has 3 heterocycles. The van der Waals surface area contributed by atoms with E-state index in [1.165, 1.54) is 0 Å². The van der Waals surface area contributed by atoms with Crippen LogP contribution in [0.25, 0.3) is 0 Å². The minimum Gasteiger partial charge on any atom is -0.373 e. The molecule has 6 heteroatoms. The Morgan fingerprint density at radius 3 is 2.76 bits per heavy atom. The van der Waals surface area contributed by atoms with Crippen molar-refractivity contribution in [2.45, 2.75) is 50.5 Å². The highest BCUT2D eigenvalue weighted by atomic mass is 16.5. The second-order valence-corrected chi connectivity index (χ2v) is 8.60. The molecule has 29 heavy (non-hydrogen) atoms. The van der Waals surface area contributed by atoms with Crippen molar-refractivity contribution in [2.75, 3.05) is 13.1 Å². The van der Waals surface area contributed by atoms with E-state index in [2.05, 4.69) is 10.6 Å². The van der Waals surface area contributed by atoms with Gasteiger partial charge in [0.1, 0.15) is 5.56 Å². The Morgan fingerprint density at radius 2 is 1.93 bits per heavy atom. The van der Waals surface area contributed by atoms with Gasteiger partial charge < -0.3 is 19.9 Å². The van der Waals surface area contributed by atoms with Gasteiger partial charge in [-0.1, -0.05) is 30.3 Å². The molecule has 2 fully saturated rings. The Hall–Kier alpha value is -2.44. The van der Waals surface area contributed by atoms with Crippen molar-refractivity contribution in [1.29, 1.82) is 0 Å². The summed E-state index contributed by atoms with van der Waals surface area (Å²) in [5, 5.41) is 6.46. The molecule has 1 amide bonds. The van der Waals surface area contributed by atoms with E-state index in [1.54, 1.807) is 6.07 Å². The SMILES string of the molecule is O=C(NC1CC(OCc2ccccc2)C1)c1ccc2n(c1=O)C[C@@H]1CNC[C@H]2C1. The van der Waals surface area contributed by atoms with E-state index in [4.69, 9.17) is 4.74 Å². The lowest BCUT2D eigenvalue weighted by Crippen LogP contribution is -2.50. The molecule has 3 aliphatic rings. The topological polar surface area (TPSA) is 72.4 Å². The van der Waals surface area contributed by atoms with Gasteiger partial charge in [0.15, 0.2) is 0 Å². The van der Waals surface area contributed by atoms with Crippen LogP contribution < -0.4 is 16.2 Å². The molecule has 2 atom stereocenters. The Kier molecular flexibility index (Phi) is 4.97. The van der Waals surface area contributed by atoms with E-state index >= 15 is 0 Å². The van der Waals surface area contributed by atoms with Crippen LogP contribution in [0.1, 0.15) is 46.8 Å². The van der Waals surface area contributed by atoms with E-state index in [0.717, 1.165) is 43.6 Å². The maximum absolute atomic E-state index is 13.0. The number of amides is 1. The van der Waals surface area contributed by atoms with E-state index in [1.807, 2.05) is 41.0 Å². The fourth-order valence-electron chi connectivity index (χ4n) is 4.83. The molecule has 1 saturated carbocycles. The van der Waals surface area contributed by atoms with Crippen LogP contribution >= 0.6 is 0 Å². The number of piperidine rings is 1. The maximum Gasteiger partial charge on any atom is 0.263 e. The van der Waals surface area contributed by atoms with Crippen molar-refractivity contribution in [2.24, 2.45) is 5.92 Å². The van der Waals surface area contributed by atoms with Crippen LogP contribution in [0.2, 0.25) is 0 Å². The van der Waals surface area contributed by atoms with Gasteiger partial charge in [0.05, 0.1) is 12.7 Å². The molecule has 152 valence electrons. The molecule has 1 saturated heterocycles. The van der Waals surface area contributed by atoms with Crippen LogP contribution in [0.15, 0.2) is 47.3 Å². The number of pyridine rings is 1. The molecule has 2 bridgehead atoms. The number of nitrogens with one attached hydrogen (secondary N) is 2. The molecule has 0 radical (unpaired) electrons. The number of aromatic nitrogens is 1. The van der Waals surface area contributed by atoms with Crippen LogP contribution in [-0.2, 0) is 17.9 Å². The molecule has 1 aromatic carbocycles. The first kappa shape index (κ1) is 18.6. The fourth-order valence-corrected chi connectivity index (χ4v) is 4.83. The van der Waals surface area contributed by atoms with Gasteiger partial charge in [0, 0.05) is 30.7 Å². The zero-order valence-corrected chi connectivity index (χ0v) is 16.5. The minimum absolute atomic E-state index is 0.0762. The second kappa shape index (κ2) is 7.76. The summed E-state index contributed by atoms with van der Waals surface area (Å²) in [6.45, 7) is 3.16. The monoisotopic (exact) mass is 393 g/mol. The van der Waals surface area contributed by atoms with E-state index in [-0.39, 0.29) is 29.2 Å². The zero-order chi connectivity index (χ0) is 19.8. The quantitative estimate of drug-likeness (QED) is 0.815. The van der Waals surface area contributed by atoms with Gasteiger partial charge in [0.25, 0.3) is 11.5 Å². The smallest absolute Gasteiger partial charge is 0.263 e. The predicted molar refractivity (Wildman–Crippen MR) is 110 cm³/mol. The lowest BCUT2D eigenvalue weighted by molar-refractivity contribution is -0.0251. The number of benzene rings is 1. The van der Waals surface area contributed by atoms with Crippen molar-refractivity contribution in [1.82, 2.24) is 15.2 Å². The molecule has 2 aliphatic heterocycles. The van der Waals surface area contributed by atoms with Gasteiger partial charge in [-0.05, 0) is 49.4 Å². The van der Waals surface area contributed by atoms with Crippen LogP contribution in [0.3, 0.4) is 0 Å². The molecule has 0 unspecified atom stereocenters. The lowest BCUT2D eigenvalue weighted by atomic mass is 9.84. The van der Waals surface area contributed by atoms with Gasteiger partial charge >= 0.3 is 0 Å². The third-order valence-electron chi connectivity index (χ3n) is 6.51. The summed E-state index contributed by atoms with van der Waals surface area (Å²) in [4.78, 5) is 25.7. The summed E-state index contributed by atoms with van der Waals surface area (Å²) in [7, 11) is 0. The second-order valence-electron chi connectivity index (χ2n) is 8.60. The zero-order valence-electron chi connectivity index (χ0n) is 16.5. The number of carbonyl (C=O) groups is 1. The average molecular weight is 393 g/mol. The molecule has 6 nitrogen and oxygen atoms in total. The highest BCUT2D eigenvalue weighted by Crippen LogP contribution is 2.31. The standard InChI is InChI=1S/C23H27N3O3/c27-22(25-18-9-19(10-18)29-14-15-4-2-1-3-5-15)20-6-7-21-17-8-16(11-24-12-17)13-26(21)23(20)28/h1-7,16-19,24H,8-14H2,(H,25,27)/t16-,17+,18?,19?/m0/s1. The Morgan fingerprint density at radius 1 is 1.10 bits per heavy atom. The summed E-state index contributed by atoms with van der Waals surface area (Å²) in [6, 6.07) is 13.8. The first-order valence-corrected chi connectivity index (χ1v) is 10.6. The Balaban J connectivity index is 1.18.